The lowest BCUT2D eigenvalue weighted by Gasteiger charge is -2.19. The van der Waals surface area contributed by atoms with Crippen LogP contribution in [0.5, 0.6) is 0 Å². The largest absolute Gasteiger partial charge is 0.416 e. The molecule has 1 rings (SSSR count). The molecule has 0 aliphatic rings. The normalized spacial score (nSPS) is 13.4. The van der Waals surface area contributed by atoms with Crippen LogP contribution in [0.25, 0.3) is 0 Å². The Bertz CT molecular complexity index is 489. The van der Waals surface area contributed by atoms with Crippen molar-refractivity contribution < 1.29 is 18.0 Å². The predicted molar refractivity (Wildman–Crippen MR) is 74.6 cm³/mol. The van der Waals surface area contributed by atoms with Crippen LogP contribution < -0.4 is 5.32 Å². The zero-order chi connectivity index (χ0) is 15.5. The molecule has 1 aromatic carbocycles. The second-order valence-corrected chi connectivity index (χ2v) is 5.68. The summed E-state index contributed by atoms with van der Waals surface area (Å²) in [6.07, 6.45) is -4.47. The summed E-state index contributed by atoms with van der Waals surface area (Å²) in [5.74, 6) is -0.530. The minimum absolute atomic E-state index is 0.0227. The number of alkyl halides is 3. The van der Waals surface area contributed by atoms with Crippen LogP contribution in [-0.2, 0) is 6.18 Å². The van der Waals surface area contributed by atoms with E-state index >= 15 is 0 Å². The number of carbonyl (C=O) groups is 1. The number of likely N-dealkylation sites (N-methyl/N-ethyl adjacent to an activating group) is 1. The Morgan fingerprint density at radius 2 is 2.00 bits per heavy atom. The van der Waals surface area contributed by atoms with E-state index in [2.05, 4.69) is 21.2 Å². The van der Waals surface area contributed by atoms with E-state index in [1.165, 1.54) is 6.07 Å². The van der Waals surface area contributed by atoms with Gasteiger partial charge in [-0.15, -0.1) is 0 Å². The molecule has 3 nitrogen and oxygen atoms in total. The highest BCUT2D eigenvalue weighted by molar-refractivity contribution is 9.10. The van der Waals surface area contributed by atoms with E-state index in [4.69, 9.17) is 0 Å². The SMILES string of the molecule is CC(CN(C)C)NC(=O)c1cc(C(F)(F)F)ccc1Br. The number of nitrogens with one attached hydrogen (secondary N) is 1. The zero-order valence-corrected chi connectivity index (χ0v) is 13.0. The van der Waals surface area contributed by atoms with Crippen LogP contribution in [0.15, 0.2) is 22.7 Å². The molecule has 0 radical (unpaired) electrons. The quantitative estimate of drug-likeness (QED) is 0.902. The average Bonchev–Trinajstić information content (AvgIpc) is 2.26. The highest BCUT2D eigenvalue weighted by atomic mass is 79.9. The number of amides is 1. The Hall–Kier alpha value is -1.08. The van der Waals surface area contributed by atoms with Crippen molar-refractivity contribution in [3.8, 4) is 0 Å². The Labute approximate surface area is 124 Å². The molecule has 7 heteroatoms. The second kappa shape index (κ2) is 6.58. The molecule has 0 fully saturated rings. The van der Waals surface area contributed by atoms with Gasteiger partial charge in [0.25, 0.3) is 5.91 Å². The molecule has 0 spiro atoms. The van der Waals surface area contributed by atoms with Crippen molar-refractivity contribution >= 4 is 21.8 Å². The summed E-state index contributed by atoms with van der Waals surface area (Å²) in [4.78, 5) is 13.9. The Balaban J connectivity index is 2.92. The molecule has 0 aromatic heterocycles. The molecular formula is C13H16BrF3N2O. The molecule has 20 heavy (non-hydrogen) atoms. The molecule has 112 valence electrons. The molecule has 1 aromatic rings. The summed E-state index contributed by atoms with van der Waals surface area (Å²) < 4.78 is 38.3. The minimum atomic E-state index is -4.47. The maximum absolute atomic E-state index is 12.6. The van der Waals surface area contributed by atoms with Crippen LogP contribution in [0.1, 0.15) is 22.8 Å². The van der Waals surface area contributed by atoms with E-state index in [1.54, 1.807) is 6.92 Å². The lowest BCUT2D eigenvalue weighted by atomic mass is 10.1. The van der Waals surface area contributed by atoms with Crippen LogP contribution in [-0.4, -0.2) is 37.5 Å². The first-order chi connectivity index (χ1) is 9.11. The molecule has 0 aliphatic carbocycles. The van der Waals surface area contributed by atoms with Gasteiger partial charge in [-0.2, -0.15) is 13.2 Å². The molecule has 0 heterocycles. The third kappa shape index (κ3) is 4.79. The van der Waals surface area contributed by atoms with Gasteiger partial charge in [0.15, 0.2) is 0 Å². The van der Waals surface area contributed by atoms with Gasteiger partial charge in [0.2, 0.25) is 0 Å². The fourth-order valence-electron chi connectivity index (χ4n) is 1.77. The van der Waals surface area contributed by atoms with Crippen LogP contribution >= 0.6 is 15.9 Å². The fraction of sp³-hybridized carbons (Fsp3) is 0.462. The van der Waals surface area contributed by atoms with E-state index in [0.717, 1.165) is 12.1 Å². The second-order valence-electron chi connectivity index (χ2n) is 4.83. The van der Waals surface area contributed by atoms with Crippen molar-refractivity contribution in [3.05, 3.63) is 33.8 Å². The molecule has 0 bridgehead atoms. The number of carbonyl (C=O) groups excluding carboxylic acids is 1. The van der Waals surface area contributed by atoms with Gasteiger partial charge >= 0.3 is 6.18 Å². The van der Waals surface area contributed by atoms with E-state index in [1.807, 2.05) is 19.0 Å². The highest BCUT2D eigenvalue weighted by Crippen LogP contribution is 2.31. The lowest BCUT2D eigenvalue weighted by molar-refractivity contribution is -0.137. The molecule has 1 N–H and O–H groups in total. The minimum Gasteiger partial charge on any atom is -0.348 e. The van der Waals surface area contributed by atoms with Crippen LogP contribution in [0.2, 0.25) is 0 Å². The number of benzene rings is 1. The lowest BCUT2D eigenvalue weighted by Crippen LogP contribution is -2.39. The monoisotopic (exact) mass is 352 g/mol. The Kier molecular flexibility index (Phi) is 5.59. The van der Waals surface area contributed by atoms with Gasteiger partial charge in [-0.3, -0.25) is 4.79 Å². The third-order valence-electron chi connectivity index (χ3n) is 2.55. The van der Waals surface area contributed by atoms with Crippen LogP contribution in [0, 0.1) is 0 Å². The number of halogens is 4. The summed E-state index contributed by atoms with van der Waals surface area (Å²) in [6, 6.07) is 2.85. The van der Waals surface area contributed by atoms with Crippen molar-refractivity contribution in [2.24, 2.45) is 0 Å². The van der Waals surface area contributed by atoms with Gasteiger partial charge in [0.05, 0.1) is 11.1 Å². The van der Waals surface area contributed by atoms with E-state index in [0.29, 0.717) is 11.0 Å². The van der Waals surface area contributed by atoms with Crippen molar-refractivity contribution in [1.82, 2.24) is 10.2 Å². The number of nitrogens with zero attached hydrogens (tertiary/aromatic N) is 1. The van der Waals surface area contributed by atoms with Crippen molar-refractivity contribution in [2.45, 2.75) is 19.1 Å². The summed E-state index contributed by atoms with van der Waals surface area (Å²) >= 11 is 3.10. The van der Waals surface area contributed by atoms with Crippen LogP contribution in [0.3, 0.4) is 0 Å². The van der Waals surface area contributed by atoms with E-state index in [9.17, 15) is 18.0 Å². The van der Waals surface area contributed by atoms with Crippen molar-refractivity contribution in [3.63, 3.8) is 0 Å². The maximum Gasteiger partial charge on any atom is 0.416 e. The number of hydrogen-bond donors (Lipinski definition) is 1. The predicted octanol–water partition coefficient (Wildman–Crippen LogP) is 3.15. The third-order valence-corrected chi connectivity index (χ3v) is 3.25. The summed E-state index contributed by atoms with van der Waals surface area (Å²) in [6.45, 7) is 2.39. The zero-order valence-electron chi connectivity index (χ0n) is 11.4. The smallest absolute Gasteiger partial charge is 0.348 e. The van der Waals surface area contributed by atoms with Crippen molar-refractivity contribution in [1.29, 1.82) is 0 Å². The van der Waals surface area contributed by atoms with Crippen molar-refractivity contribution in [2.75, 3.05) is 20.6 Å². The first kappa shape index (κ1) is 17.0. The van der Waals surface area contributed by atoms with Gasteiger partial charge < -0.3 is 10.2 Å². The first-order valence-electron chi connectivity index (χ1n) is 5.93. The van der Waals surface area contributed by atoms with Crippen LogP contribution in [0.4, 0.5) is 13.2 Å². The Morgan fingerprint density at radius 3 is 2.50 bits per heavy atom. The van der Waals surface area contributed by atoms with E-state index in [-0.39, 0.29) is 11.6 Å². The van der Waals surface area contributed by atoms with Gasteiger partial charge in [0, 0.05) is 17.1 Å². The number of rotatable bonds is 4. The standard InChI is InChI=1S/C13H16BrF3N2O/c1-8(7-19(2)3)18-12(20)10-6-9(13(15,16)17)4-5-11(10)14/h4-6,8H,7H2,1-3H3,(H,18,20). The fourth-order valence-corrected chi connectivity index (χ4v) is 2.20. The molecule has 0 saturated heterocycles. The number of hydrogen-bond acceptors (Lipinski definition) is 2. The molecule has 1 atom stereocenters. The maximum atomic E-state index is 12.6. The van der Waals surface area contributed by atoms with Gasteiger partial charge in [-0.1, -0.05) is 0 Å². The Morgan fingerprint density at radius 1 is 1.40 bits per heavy atom. The van der Waals surface area contributed by atoms with E-state index < -0.39 is 17.6 Å². The molecule has 1 unspecified atom stereocenters. The summed E-state index contributed by atoms with van der Waals surface area (Å²) in [5, 5.41) is 2.67. The average molecular weight is 353 g/mol. The summed E-state index contributed by atoms with van der Waals surface area (Å²) in [7, 11) is 3.70. The van der Waals surface area contributed by atoms with Gasteiger partial charge in [0.1, 0.15) is 0 Å². The molecule has 0 aliphatic heterocycles. The topological polar surface area (TPSA) is 32.3 Å². The van der Waals surface area contributed by atoms with Gasteiger partial charge in [-0.05, 0) is 55.1 Å². The first-order valence-corrected chi connectivity index (χ1v) is 6.73. The summed E-state index contributed by atoms with van der Waals surface area (Å²) in [5.41, 5.74) is -0.864. The highest BCUT2D eigenvalue weighted by Gasteiger charge is 2.31. The molecule has 1 amide bonds. The molecular weight excluding hydrogens is 337 g/mol. The molecule has 0 saturated carbocycles. The van der Waals surface area contributed by atoms with Gasteiger partial charge in [-0.25, -0.2) is 0 Å².